The molecule has 0 aliphatic rings. The summed E-state index contributed by atoms with van der Waals surface area (Å²) < 4.78 is 0.961. The van der Waals surface area contributed by atoms with Crippen LogP contribution in [0.25, 0.3) is 0 Å². The summed E-state index contributed by atoms with van der Waals surface area (Å²) in [5.41, 5.74) is 3.14. The lowest BCUT2D eigenvalue weighted by atomic mass is 10.1. The van der Waals surface area contributed by atoms with E-state index in [9.17, 15) is 4.79 Å². The van der Waals surface area contributed by atoms with Crippen molar-refractivity contribution in [1.82, 2.24) is 0 Å². The number of hydrogen-bond donors (Lipinski definition) is 1. The topological polar surface area (TPSA) is 29.1 Å². The van der Waals surface area contributed by atoms with Crippen molar-refractivity contribution in [3.63, 3.8) is 0 Å². The summed E-state index contributed by atoms with van der Waals surface area (Å²) in [7, 11) is 0. The maximum atomic E-state index is 11.9. The van der Waals surface area contributed by atoms with Crippen LogP contribution in [0, 0.1) is 13.8 Å². The van der Waals surface area contributed by atoms with Crippen LogP contribution in [0.15, 0.2) is 34.1 Å². The number of amides is 1. The van der Waals surface area contributed by atoms with E-state index in [4.69, 9.17) is 0 Å². The highest BCUT2D eigenvalue weighted by Gasteiger charge is 2.09. The predicted molar refractivity (Wildman–Crippen MR) is 75.9 cm³/mol. The van der Waals surface area contributed by atoms with Crippen molar-refractivity contribution >= 4 is 38.9 Å². The third-order valence-corrected chi connectivity index (χ3v) is 4.05. The third-order valence-electron chi connectivity index (χ3n) is 2.43. The molecular formula is C13H12BrNOS. The van der Waals surface area contributed by atoms with Gasteiger partial charge < -0.3 is 5.32 Å². The first kappa shape index (κ1) is 12.3. The SMILES string of the molecule is Cc1ccc(NC(=O)c2ccc(Br)s2)c(C)c1. The summed E-state index contributed by atoms with van der Waals surface area (Å²) in [6, 6.07) is 9.67. The minimum Gasteiger partial charge on any atom is -0.321 e. The highest BCUT2D eigenvalue weighted by molar-refractivity contribution is 9.11. The van der Waals surface area contributed by atoms with Gasteiger partial charge in [-0.3, -0.25) is 4.79 Å². The molecular weight excluding hydrogens is 298 g/mol. The van der Waals surface area contributed by atoms with E-state index in [0.717, 1.165) is 15.0 Å². The third kappa shape index (κ3) is 2.96. The van der Waals surface area contributed by atoms with Gasteiger partial charge in [-0.1, -0.05) is 17.7 Å². The summed E-state index contributed by atoms with van der Waals surface area (Å²) in [5, 5.41) is 2.92. The molecule has 17 heavy (non-hydrogen) atoms. The summed E-state index contributed by atoms with van der Waals surface area (Å²) in [4.78, 5) is 12.6. The number of anilines is 1. The Morgan fingerprint density at radius 1 is 1.24 bits per heavy atom. The number of nitrogens with one attached hydrogen (secondary N) is 1. The van der Waals surface area contributed by atoms with Crippen molar-refractivity contribution in [2.75, 3.05) is 5.32 Å². The second-order valence-corrected chi connectivity index (χ2v) is 6.34. The number of carbonyl (C=O) groups is 1. The largest absolute Gasteiger partial charge is 0.321 e. The molecule has 0 unspecified atom stereocenters. The molecule has 88 valence electrons. The Morgan fingerprint density at radius 3 is 2.59 bits per heavy atom. The number of halogens is 1. The quantitative estimate of drug-likeness (QED) is 0.876. The van der Waals surface area contributed by atoms with Crippen LogP contribution in [0.5, 0.6) is 0 Å². The minimum absolute atomic E-state index is 0.0624. The number of carbonyl (C=O) groups excluding carboxylic acids is 1. The molecule has 2 rings (SSSR count). The first-order valence-electron chi connectivity index (χ1n) is 5.20. The van der Waals surface area contributed by atoms with Crippen molar-refractivity contribution in [3.05, 3.63) is 50.1 Å². The lowest BCUT2D eigenvalue weighted by Gasteiger charge is -2.07. The average Bonchev–Trinajstić information content (AvgIpc) is 2.69. The summed E-state index contributed by atoms with van der Waals surface area (Å²) in [6.45, 7) is 4.03. The Kier molecular flexibility index (Phi) is 3.64. The molecule has 0 aliphatic heterocycles. The van der Waals surface area contributed by atoms with E-state index in [-0.39, 0.29) is 5.91 Å². The molecule has 2 aromatic rings. The molecule has 1 aromatic carbocycles. The Hall–Kier alpha value is -1.13. The molecule has 0 spiro atoms. The number of aryl methyl sites for hydroxylation is 2. The monoisotopic (exact) mass is 309 g/mol. The van der Waals surface area contributed by atoms with E-state index >= 15 is 0 Å². The maximum Gasteiger partial charge on any atom is 0.265 e. The molecule has 1 aromatic heterocycles. The number of benzene rings is 1. The van der Waals surface area contributed by atoms with Crippen LogP contribution in [-0.2, 0) is 0 Å². The fourth-order valence-electron chi connectivity index (χ4n) is 1.57. The first-order valence-corrected chi connectivity index (χ1v) is 6.81. The average molecular weight is 310 g/mol. The van der Waals surface area contributed by atoms with Crippen LogP contribution in [-0.4, -0.2) is 5.91 Å². The first-order chi connectivity index (χ1) is 8.06. The Morgan fingerprint density at radius 2 is 2.00 bits per heavy atom. The molecule has 4 heteroatoms. The van der Waals surface area contributed by atoms with Crippen LogP contribution in [0.3, 0.4) is 0 Å². The zero-order valence-electron chi connectivity index (χ0n) is 9.58. The van der Waals surface area contributed by atoms with Gasteiger partial charge in [-0.2, -0.15) is 0 Å². The number of hydrogen-bond acceptors (Lipinski definition) is 2. The van der Waals surface area contributed by atoms with Gasteiger partial charge in [0, 0.05) is 5.69 Å². The van der Waals surface area contributed by atoms with Gasteiger partial charge in [0.2, 0.25) is 0 Å². The molecule has 0 fully saturated rings. The molecule has 1 amide bonds. The van der Waals surface area contributed by atoms with Crippen LogP contribution >= 0.6 is 27.3 Å². The zero-order valence-corrected chi connectivity index (χ0v) is 12.0. The van der Waals surface area contributed by atoms with Crippen molar-refractivity contribution in [3.8, 4) is 0 Å². The molecule has 1 N–H and O–H groups in total. The lowest BCUT2D eigenvalue weighted by Crippen LogP contribution is -2.11. The number of rotatable bonds is 2. The predicted octanol–water partition coefficient (Wildman–Crippen LogP) is 4.38. The van der Waals surface area contributed by atoms with Gasteiger partial charge in [-0.05, 0) is 53.5 Å². The fraction of sp³-hybridized carbons (Fsp3) is 0.154. The maximum absolute atomic E-state index is 11.9. The van der Waals surface area contributed by atoms with E-state index in [0.29, 0.717) is 4.88 Å². The van der Waals surface area contributed by atoms with Crippen molar-refractivity contribution < 1.29 is 4.79 Å². The highest BCUT2D eigenvalue weighted by atomic mass is 79.9. The Balaban J connectivity index is 2.18. The normalized spacial score (nSPS) is 10.3. The molecule has 0 saturated carbocycles. The van der Waals surface area contributed by atoms with E-state index in [2.05, 4.69) is 27.3 Å². The second-order valence-electron chi connectivity index (χ2n) is 3.88. The Bertz CT molecular complexity index is 562. The molecule has 0 aliphatic carbocycles. The smallest absolute Gasteiger partial charge is 0.265 e. The lowest BCUT2D eigenvalue weighted by molar-refractivity contribution is 0.103. The summed E-state index contributed by atoms with van der Waals surface area (Å²) >= 11 is 4.78. The van der Waals surface area contributed by atoms with Crippen LogP contribution < -0.4 is 5.32 Å². The van der Waals surface area contributed by atoms with Crippen molar-refractivity contribution in [2.24, 2.45) is 0 Å². The summed E-state index contributed by atoms with van der Waals surface area (Å²) in [5.74, 6) is -0.0624. The molecule has 2 nitrogen and oxygen atoms in total. The van der Waals surface area contributed by atoms with E-state index in [1.165, 1.54) is 16.9 Å². The standard InChI is InChI=1S/C13H12BrNOS/c1-8-3-4-10(9(2)7-8)15-13(16)11-5-6-12(14)17-11/h3-7H,1-2H3,(H,15,16). The van der Waals surface area contributed by atoms with Gasteiger partial charge in [0.15, 0.2) is 0 Å². The molecule has 0 bridgehead atoms. The van der Waals surface area contributed by atoms with Gasteiger partial charge in [-0.25, -0.2) is 0 Å². The minimum atomic E-state index is -0.0624. The Labute approximate surface area is 113 Å². The van der Waals surface area contributed by atoms with Gasteiger partial charge >= 0.3 is 0 Å². The van der Waals surface area contributed by atoms with E-state index in [1.54, 1.807) is 0 Å². The summed E-state index contributed by atoms with van der Waals surface area (Å²) in [6.07, 6.45) is 0. The van der Waals surface area contributed by atoms with Gasteiger partial charge in [0.25, 0.3) is 5.91 Å². The molecule has 0 radical (unpaired) electrons. The van der Waals surface area contributed by atoms with Crippen molar-refractivity contribution in [2.45, 2.75) is 13.8 Å². The van der Waals surface area contributed by atoms with Crippen LogP contribution in [0.4, 0.5) is 5.69 Å². The fourth-order valence-corrected chi connectivity index (χ4v) is 2.86. The second kappa shape index (κ2) is 5.02. The van der Waals surface area contributed by atoms with E-state index in [1.807, 2.05) is 38.1 Å². The van der Waals surface area contributed by atoms with Crippen LogP contribution in [0.1, 0.15) is 20.8 Å². The van der Waals surface area contributed by atoms with E-state index < -0.39 is 0 Å². The van der Waals surface area contributed by atoms with Gasteiger partial charge in [0.05, 0.1) is 8.66 Å². The molecule has 0 saturated heterocycles. The molecule has 1 heterocycles. The zero-order chi connectivity index (χ0) is 12.4. The molecule has 0 atom stereocenters. The van der Waals surface area contributed by atoms with Crippen LogP contribution in [0.2, 0.25) is 0 Å². The van der Waals surface area contributed by atoms with Gasteiger partial charge in [-0.15, -0.1) is 11.3 Å². The van der Waals surface area contributed by atoms with Crippen molar-refractivity contribution in [1.29, 1.82) is 0 Å². The van der Waals surface area contributed by atoms with Gasteiger partial charge in [0.1, 0.15) is 0 Å². The highest BCUT2D eigenvalue weighted by Crippen LogP contribution is 2.24. The number of thiophene rings is 1.